The molecule has 0 radical (unpaired) electrons. The predicted octanol–water partition coefficient (Wildman–Crippen LogP) is 4.07. The van der Waals surface area contributed by atoms with Crippen LogP contribution in [0.15, 0.2) is 43.0 Å². The van der Waals surface area contributed by atoms with Gasteiger partial charge in [0, 0.05) is 24.4 Å². The largest absolute Gasteiger partial charge is 0.488 e. The third kappa shape index (κ3) is 7.97. The minimum absolute atomic E-state index is 0.0255. The first-order valence-corrected chi connectivity index (χ1v) is 16.5. The number of aliphatic carboxylic acids is 1. The Morgan fingerprint density at radius 1 is 1.25 bits per heavy atom. The number of tetrazole rings is 1. The Bertz CT molecular complexity index is 1590. The topological polar surface area (TPSA) is 178 Å². The maximum absolute atomic E-state index is 14.2. The molecule has 0 spiro atoms. The van der Waals surface area contributed by atoms with Crippen LogP contribution in [0.2, 0.25) is 5.02 Å². The van der Waals surface area contributed by atoms with Crippen LogP contribution < -0.4 is 15.4 Å². The molecule has 4 unspecified atom stereocenters. The first-order chi connectivity index (χ1) is 22.8. The second kappa shape index (κ2) is 14.3. The summed E-state index contributed by atoms with van der Waals surface area (Å²) in [5.41, 5.74) is -1.66. The number of hydrogen-bond acceptors (Lipinski definition) is 9. The van der Waals surface area contributed by atoms with Gasteiger partial charge in [0.25, 0.3) is 0 Å². The lowest BCUT2D eigenvalue weighted by Gasteiger charge is -2.30. The van der Waals surface area contributed by atoms with Crippen LogP contribution >= 0.6 is 11.6 Å². The molecule has 3 heterocycles. The average molecular weight is 684 g/mol. The van der Waals surface area contributed by atoms with Crippen molar-refractivity contribution >= 4 is 35.5 Å². The van der Waals surface area contributed by atoms with E-state index in [1.165, 1.54) is 9.70 Å². The number of allylic oxidation sites excluding steroid dienone is 1. The van der Waals surface area contributed by atoms with E-state index in [9.17, 15) is 24.3 Å². The first kappa shape index (κ1) is 34.9. The monoisotopic (exact) mass is 683 g/mol. The number of aromatic nitrogens is 4. The Labute approximate surface area is 283 Å². The molecule has 1 aliphatic carbocycles. The van der Waals surface area contributed by atoms with Crippen molar-refractivity contribution in [3.63, 3.8) is 0 Å². The summed E-state index contributed by atoms with van der Waals surface area (Å²) in [5, 5.41) is 28.9. The van der Waals surface area contributed by atoms with Crippen LogP contribution in [0.5, 0.6) is 5.75 Å². The molecule has 1 aromatic carbocycles. The third-order valence-electron chi connectivity index (χ3n) is 8.63. The minimum atomic E-state index is -1.45. The number of rotatable bonds is 7. The van der Waals surface area contributed by atoms with Gasteiger partial charge < -0.3 is 30.1 Å². The number of carbonyl (C=O) groups is 4. The summed E-state index contributed by atoms with van der Waals surface area (Å²) < 4.78 is 11.0. The van der Waals surface area contributed by atoms with Gasteiger partial charge in [0.05, 0.1) is 11.1 Å². The van der Waals surface area contributed by atoms with Crippen LogP contribution in [0.1, 0.15) is 71.8 Å². The minimum Gasteiger partial charge on any atom is -0.488 e. The van der Waals surface area contributed by atoms with Crippen molar-refractivity contribution in [2.24, 2.45) is 5.92 Å². The molecule has 1 saturated heterocycles. The van der Waals surface area contributed by atoms with E-state index in [1.54, 1.807) is 45.0 Å². The summed E-state index contributed by atoms with van der Waals surface area (Å²) in [5.74, 6) is -1.82. The molecule has 3 N–H and O–H groups in total. The maximum Gasteiger partial charge on any atom is 0.408 e. The molecule has 14 nitrogen and oxygen atoms in total. The van der Waals surface area contributed by atoms with E-state index in [4.69, 9.17) is 21.1 Å². The fourth-order valence-electron chi connectivity index (χ4n) is 6.10. The van der Waals surface area contributed by atoms with Gasteiger partial charge in [-0.3, -0.25) is 9.59 Å². The number of amides is 3. The lowest BCUT2D eigenvalue weighted by molar-refractivity contribution is -0.145. The highest BCUT2D eigenvalue weighted by Crippen LogP contribution is 2.45. The quantitative estimate of drug-likeness (QED) is 0.360. The number of carboxylic acid groups (broad SMARTS) is 1. The second-order valence-corrected chi connectivity index (χ2v) is 13.8. The number of nitrogens with zero attached hydrogens (tertiary/aromatic N) is 5. The van der Waals surface area contributed by atoms with Crippen LogP contribution in [-0.4, -0.2) is 90.5 Å². The van der Waals surface area contributed by atoms with Crippen molar-refractivity contribution in [2.45, 2.75) is 95.0 Å². The van der Waals surface area contributed by atoms with Gasteiger partial charge in [-0.1, -0.05) is 49.2 Å². The predicted molar refractivity (Wildman–Crippen MR) is 175 cm³/mol. The normalized spacial score (nSPS) is 27.0. The van der Waals surface area contributed by atoms with Gasteiger partial charge in [0.2, 0.25) is 17.6 Å². The summed E-state index contributed by atoms with van der Waals surface area (Å²) in [6, 6.07) is 2.47. The molecule has 3 amide bonds. The van der Waals surface area contributed by atoms with Crippen LogP contribution in [0.4, 0.5) is 4.79 Å². The van der Waals surface area contributed by atoms with Crippen molar-refractivity contribution in [2.75, 3.05) is 13.2 Å². The van der Waals surface area contributed by atoms with Gasteiger partial charge in [-0.2, -0.15) is 4.80 Å². The number of benzene rings is 1. The Balaban J connectivity index is 1.43. The van der Waals surface area contributed by atoms with Crippen molar-refractivity contribution in [1.82, 2.24) is 35.7 Å². The number of ether oxygens (including phenoxy) is 2. The zero-order valence-corrected chi connectivity index (χ0v) is 28.1. The van der Waals surface area contributed by atoms with Gasteiger partial charge in [-0.15, -0.1) is 10.2 Å². The molecule has 5 atom stereocenters. The van der Waals surface area contributed by atoms with Gasteiger partial charge in [0.15, 0.2) is 0 Å². The van der Waals surface area contributed by atoms with Crippen molar-refractivity contribution in [3.05, 3.63) is 48.0 Å². The lowest BCUT2D eigenvalue weighted by Crippen LogP contribution is -2.56. The zero-order chi connectivity index (χ0) is 34.6. The van der Waals surface area contributed by atoms with Crippen LogP contribution in [0.25, 0.3) is 11.4 Å². The third-order valence-corrected chi connectivity index (χ3v) is 8.93. The molecule has 5 rings (SSSR count). The molecular formula is C33H42ClN7O7. The smallest absolute Gasteiger partial charge is 0.408 e. The Morgan fingerprint density at radius 2 is 2.04 bits per heavy atom. The van der Waals surface area contributed by atoms with Gasteiger partial charge >= 0.3 is 12.1 Å². The van der Waals surface area contributed by atoms with Gasteiger partial charge in [0.1, 0.15) is 35.6 Å². The fraction of sp³-hybridized carbons (Fsp3) is 0.545. The number of carboxylic acids is 1. The van der Waals surface area contributed by atoms with Crippen LogP contribution in [-0.2, 0) is 19.1 Å². The van der Waals surface area contributed by atoms with Gasteiger partial charge in [-0.05, 0) is 69.9 Å². The zero-order valence-electron chi connectivity index (χ0n) is 27.4. The number of fused-ring (bicyclic) bond motifs is 2. The summed E-state index contributed by atoms with van der Waals surface area (Å²) in [6.45, 7) is 9.13. The lowest BCUT2D eigenvalue weighted by atomic mass is 10.0. The summed E-state index contributed by atoms with van der Waals surface area (Å²) in [6.07, 6.45) is 8.34. The molecule has 2 aliphatic heterocycles. The average Bonchev–Trinajstić information content (AvgIpc) is 3.32. The molecule has 48 heavy (non-hydrogen) atoms. The van der Waals surface area contributed by atoms with E-state index >= 15 is 0 Å². The van der Waals surface area contributed by atoms with Crippen molar-refractivity contribution in [1.29, 1.82) is 0 Å². The Morgan fingerprint density at radius 3 is 2.75 bits per heavy atom. The van der Waals surface area contributed by atoms with E-state index in [0.29, 0.717) is 29.2 Å². The SMILES string of the molecule is C=CCOc1ccc(-c2nnn([C@@H]3CC4C(=O)NC5(C(=O)O)CC5/C=C\CCCCCC(NC(=O)OC(C)(C)C)C(=O)N4C3)n2)cc1Cl. The van der Waals surface area contributed by atoms with E-state index < -0.39 is 53.1 Å². The van der Waals surface area contributed by atoms with Crippen molar-refractivity contribution in [3.8, 4) is 17.1 Å². The second-order valence-electron chi connectivity index (χ2n) is 13.4. The standard InChI is InChI=1S/C33H42ClN7O7/c1-5-15-47-26-14-13-20(16-23(26)34)27-37-39-41(38-27)22-17-25-28(42)36-33(30(44)45)18-21(33)11-9-7-6-8-10-12-24(29(43)40(25)19-22)35-31(46)48-32(2,3)4/h5,9,11,13-14,16,21-22,24-25H,1,6-8,10,12,15,17-19H2,2-4H3,(H,35,46)(H,36,42)(H,44,45)/b11-9-/t21?,22-,24?,25?,33?/m1/s1. The van der Waals surface area contributed by atoms with E-state index in [-0.39, 0.29) is 37.7 Å². The number of hydrogen-bond donors (Lipinski definition) is 3. The summed E-state index contributed by atoms with van der Waals surface area (Å²) >= 11 is 6.39. The molecule has 1 aromatic heterocycles. The Kier molecular flexibility index (Phi) is 10.4. The fourth-order valence-corrected chi connectivity index (χ4v) is 6.33. The summed E-state index contributed by atoms with van der Waals surface area (Å²) in [7, 11) is 0. The number of halogens is 1. The molecule has 0 bridgehead atoms. The maximum atomic E-state index is 14.2. The van der Waals surface area contributed by atoms with E-state index in [2.05, 4.69) is 32.6 Å². The molecular weight excluding hydrogens is 642 g/mol. The highest BCUT2D eigenvalue weighted by atomic mass is 35.5. The molecule has 3 aliphatic rings. The summed E-state index contributed by atoms with van der Waals surface area (Å²) in [4.78, 5) is 56.0. The van der Waals surface area contributed by atoms with Gasteiger partial charge in [-0.25, -0.2) is 9.59 Å². The van der Waals surface area contributed by atoms with Crippen molar-refractivity contribution < 1.29 is 33.8 Å². The number of alkyl carbamates (subject to hydrolysis) is 1. The molecule has 2 fully saturated rings. The molecule has 2 aromatic rings. The highest BCUT2D eigenvalue weighted by molar-refractivity contribution is 6.32. The highest BCUT2D eigenvalue weighted by Gasteiger charge is 2.61. The van der Waals surface area contributed by atoms with E-state index in [1.807, 2.05) is 12.2 Å². The van der Waals surface area contributed by atoms with Crippen LogP contribution in [0, 0.1) is 5.92 Å². The first-order valence-electron chi connectivity index (χ1n) is 16.2. The Hall–Kier alpha value is -4.46. The molecule has 15 heteroatoms. The molecule has 1 saturated carbocycles. The molecule has 258 valence electrons. The number of nitrogens with one attached hydrogen (secondary N) is 2. The van der Waals surface area contributed by atoms with Crippen LogP contribution in [0.3, 0.4) is 0 Å². The van der Waals surface area contributed by atoms with E-state index in [0.717, 1.165) is 19.3 Å². The number of carbonyl (C=O) groups excluding carboxylic acids is 3.